The van der Waals surface area contributed by atoms with Crippen molar-refractivity contribution in [2.24, 2.45) is 0 Å². The molecule has 4 rings (SSSR count). The first-order valence-corrected chi connectivity index (χ1v) is 7.64. The highest BCUT2D eigenvalue weighted by atomic mass is 16.5. The van der Waals surface area contributed by atoms with Crippen LogP contribution in [0.5, 0.6) is 17.2 Å². The van der Waals surface area contributed by atoms with Gasteiger partial charge in [0.1, 0.15) is 5.75 Å². The van der Waals surface area contributed by atoms with Gasteiger partial charge >= 0.3 is 0 Å². The molecule has 2 aromatic rings. The number of anilines is 1. The largest absolute Gasteiger partial charge is 0.497 e. The SMILES string of the molecule is COc1ccc(N2COc3c(ccc4c3OCCC4)C2)cc1. The Morgan fingerprint density at radius 2 is 1.73 bits per heavy atom. The van der Waals surface area contributed by atoms with Gasteiger partial charge in [-0.1, -0.05) is 12.1 Å². The second-order valence-electron chi connectivity index (χ2n) is 5.66. The van der Waals surface area contributed by atoms with Crippen molar-refractivity contribution in [3.63, 3.8) is 0 Å². The normalized spacial score (nSPS) is 16.1. The minimum absolute atomic E-state index is 0.541. The monoisotopic (exact) mass is 297 g/mol. The molecule has 0 unspecified atom stereocenters. The first-order chi connectivity index (χ1) is 10.8. The van der Waals surface area contributed by atoms with E-state index in [1.165, 1.54) is 11.1 Å². The van der Waals surface area contributed by atoms with Crippen molar-refractivity contribution in [1.29, 1.82) is 0 Å². The Bertz CT molecular complexity index is 681. The molecule has 0 aromatic heterocycles. The van der Waals surface area contributed by atoms with Crippen LogP contribution in [0.3, 0.4) is 0 Å². The molecular formula is C18H19NO3. The standard InChI is InChI=1S/C18H19NO3/c1-20-16-8-6-15(7-9-16)19-11-14-5-4-13-3-2-10-21-17(13)18(14)22-12-19/h4-9H,2-3,10-12H2,1H3. The number of nitrogens with zero attached hydrogens (tertiary/aromatic N) is 1. The summed E-state index contributed by atoms with van der Waals surface area (Å²) in [6.07, 6.45) is 2.16. The Kier molecular flexibility index (Phi) is 3.29. The van der Waals surface area contributed by atoms with Gasteiger partial charge < -0.3 is 19.1 Å². The maximum Gasteiger partial charge on any atom is 0.169 e. The minimum Gasteiger partial charge on any atom is -0.497 e. The van der Waals surface area contributed by atoms with E-state index in [1.54, 1.807) is 7.11 Å². The van der Waals surface area contributed by atoms with Crippen molar-refractivity contribution < 1.29 is 14.2 Å². The zero-order chi connectivity index (χ0) is 14.9. The summed E-state index contributed by atoms with van der Waals surface area (Å²) in [6, 6.07) is 12.4. The van der Waals surface area contributed by atoms with Gasteiger partial charge in [-0.2, -0.15) is 0 Å². The van der Waals surface area contributed by atoms with Gasteiger partial charge in [0.2, 0.25) is 0 Å². The number of ether oxygens (including phenoxy) is 3. The molecule has 0 radical (unpaired) electrons. The van der Waals surface area contributed by atoms with E-state index in [0.29, 0.717) is 6.73 Å². The lowest BCUT2D eigenvalue weighted by atomic mass is 10.0. The van der Waals surface area contributed by atoms with Crippen LogP contribution in [0.2, 0.25) is 0 Å². The molecule has 2 heterocycles. The maximum atomic E-state index is 6.02. The van der Waals surface area contributed by atoms with Gasteiger partial charge in [0.15, 0.2) is 18.2 Å². The third-order valence-electron chi connectivity index (χ3n) is 4.28. The van der Waals surface area contributed by atoms with Gasteiger partial charge in [0.25, 0.3) is 0 Å². The molecule has 0 N–H and O–H groups in total. The number of methoxy groups -OCH3 is 1. The molecule has 0 atom stereocenters. The summed E-state index contributed by atoms with van der Waals surface area (Å²) in [7, 11) is 1.68. The van der Waals surface area contributed by atoms with Crippen LogP contribution >= 0.6 is 0 Å². The molecule has 2 aliphatic rings. The molecule has 0 fully saturated rings. The molecule has 2 aliphatic heterocycles. The van der Waals surface area contributed by atoms with E-state index in [1.807, 2.05) is 12.1 Å². The highest BCUT2D eigenvalue weighted by Crippen LogP contribution is 2.41. The molecule has 2 aromatic carbocycles. The molecule has 0 spiro atoms. The summed E-state index contributed by atoms with van der Waals surface area (Å²) in [6.45, 7) is 2.16. The molecule has 4 heteroatoms. The fourth-order valence-electron chi connectivity index (χ4n) is 3.07. The average Bonchev–Trinajstić information content (AvgIpc) is 2.61. The van der Waals surface area contributed by atoms with Crippen molar-refractivity contribution in [2.75, 3.05) is 25.3 Å². The highest BCUT2D eigenvalue weighted by Gasteiger charge is 2.25. The van der Waals surface area contributed by atoms with Gasteiger partial charge in [0.05, 0.1) is 13.7 Å². The molecule has 0 bridgehead atoms. The van der Waals surface area contributed by atoms with Crippen molar-refractivity contribution in [2.45, 2.75) is 19.4 Å². The number of hydrogen-bond donors (Lipinski definition) is 0. The Labute approximate surface area is 130 Å². The topological polar surface area (TPSA) is 30.9 Å². The van der Waals surface area contributed by atoms with E-state index in [9.17, 15) is 0 Å². The Morgan fingerprint density at radius 1 is 0.955 bits per heavy atom. The van der Waals surface area contributed by atoms with Gasteiger partial charge in [0, 0.05) is 17.8 Å². The van der Waals surface area contributed by atoms with Gasteiger partial charge in [-0.05, 0) is 42.7 Å². The fraction of sp³-hybridized carbons (Fsp3) is 0.333. The van der Waals surface area contributed by atoms with E-state index in [-0.39, 0.29) is 0 Å². The van der Waals surface area contributed by atoms with Crippen LogP contribution in [-0.2, 0) is 13.0 Å². The van der Waals surface area contributed by atoms with Crippen molar-refractivity contribution in [3.8, 4) is 17.2 Å². The van der Waals surface area contributed by atoms with Crippen molar-refractivity contribution in [3.05, 3.63) is 47.5 Å². The van der Waals surface area contributed by atoms with Crippen LogP contribution in [0, 0.1) is 0 Å². The number of benzene rings is 2. The van der Waals surface area contributed by atoms with Gasteiger partial charge in [-0.25, -0.2) is 0 Å². The van der Waals surface area contributed by atoms with E-state index in [4.69, 9.17) is 14.2 Å². The first-order valence-electron chi connectivity index (χ1n) is 7.64. The third-order valence-corrected chi connectivity index (χ3v) is 4.28. The van der Waals surface area contributed by atoms with Gasteiger partial charge in [-0.15, -0.1) is 0 Å². The summed E-state index contributed by atoms with van der Waals surface area (Å²) in [4.78, 5) is 2.21. The molecular weight excluding hydrogens is 278 g/mol. The summed E-state index contributed by atoms with van der Waals surface area (Å²) < 4.78 is 17.1. The predicted octanol–water partition coefficient (Wildman–Crippen LogP) is 3.38. The van der Waals surface area contributed by atoms with Crippen LogP contribution in [0.15, 0.2) is 36.4 Å². The Morgan fingerprint density at radius 3 is 2.55 bits per heavy atom. The van der Waals surface area contributed by atoms with E-state index in [2.05, 4.69) is 29.2 Å². The molecule has 4 nitrogen and oxygen atoms in total. The van der Waals surface area contributed by atoms with E-state index in [0.717, 1.165) is 48.9 Å². The van der Waals surface area contributed by atoms with Crippen LogP contribution in [-0.4, -0.2) is 20.4 Å². The molecule has 0 saturated heterocycles. The lowest BCUT2D eigenvalue weighted by Gasteiger charge is -2.33. The molecule has 0 aliphatic carbocycles. The number of aryl methyl sites for hydroxylation is 1. The smallest absolute Gasteiger partial charge is 0.169 e. The summed E-state index contributed by atoms with van der Waals surface area (Å²) >= 11 is 0. The van der Waals surface area contributed by atoms with Crippen LogP contribution in [0.4, 0.5) is 5.69 Å². The second kappa shape index (κ2) is 5.44. The first kappa shape index (κ1) is 13.3. The summed E-state index contributed by atoms with van der Waals surface area (Å²) in [5.41, 5.74) is 3.58. The lowest BCUT2D eigenvalue weighted by Crippen LogP contribution is -2.32. The highest BCUT2D eigenvalue weighted by molar-refractivity contribution is 5.57. The zero-order valence-electron chi connectivity index (χ0n) is 12.7. The third kappa shape index (κ3) is 2.25. The quantitative estimate of drug-likeness (QED) is 0.850. The number of fused-ring (bicyclic) bond motifs is 3. The number of hydrogen-bond acceptors (Lipinski definition) is 4. The number of rotatable bonds is 2. The van der Waals surface area contributed by atoms with E-state index < -0.39 is 0 Å². The van der Waals surface area contributed by atoms with Crippen LogP contribution < -0.4 is 19.1 Å². The molecule has 114 valence electrons. The predicted molar refractivity (Wildman–Crippen MR) is 84.9 cm³/mol. The van der Waals surface area contributed by atoms with Crippen LogP contribution in [0.1, 0.15) is 17.5 Å². The summed E-state index contributed by atoms with van der Waals surface area (Å²) in [5.74, 6) is 2.75. The fourth-order valence-corrected chi connectivity index (χ4v) is 3.07. The molecule has 22 heavy (non-hydrogen) atoms. The summed E-state index contributed by atoms with van der Waals surface area (Å²) in [5, 5.41) is 0. The second-order valence-corrected chi connectivity index (χ2v) is 5.66. The Balaban J connectivity index is 1.61. The average molecular weight is 297 g/mol. The lowest BCUT2D eigenvalue weighted by molar-refractivity contribution is 0.238. The zero-order valence-corrected chi connectivity index (χ0v) is 12.7. The van der Waals surface area contributed by atoms with Crippen molar-refractivity contribution >= 4 is 5.69 Å². The maximum absolute atomic E-state index is 6.02. The molecule has 0 amide bonds. The minimum atomic E-state index is 0.541. The van der Waals surface area contributed by atoms with Gasteiger partial charge in [-0.3, -0.25) is 0 Å². The van der Waals surface area contributed by atoms with E-state index >= 15 is 0 Å². The van der Waals surface area contributed by atoms with Crippen molar-refractivity contribution in [1.82, 2.24) is 0 Å². The van der Waals surface area contributed by atoms with Crippen LogP contribution in [0.25, 0.3) is 0 Å². The Hall–Kier alpha value is -2.36. The molecule has 0 saturated carbocycles.